The van der Waals surface area contributed by atoms with Crippen LogP contribution in [0, 0.1) is 5.82 Å². The zero-order valence-corrected chi connectivity index (χ0v) is 15.0. The Morgan fingerprint density at radius 1 is 1.12 bits per heavy atom. The van der Waals surface area contributed by atoms with Crippen molar-refractivity contribution in [3.05, 3.63) is 38.8 Å². The summed E-state index contributed by atoms with van der Waals surface area (Å²) >= 11 is 17.7. The molecular weight excluding hydrogens is 393 g/mol. The number of aromatic nitrogens is 1. The Balaban J connectivity index is 2.74. The van der Waals surface area contributed by atoms with Crippen LogP contribution in [0.15, 0.2) is 12.1 Å². The van der Waals surface area contributed by atoms with E-state index in [4.69, 9.17) is 39.5 Å². The van der Waals surface area contributed by atoms with Crippen molar-refractivity contribution in [2.75, 3.05) is 0 Å². The van der Waals surface area contributed by atoms with Gasteiger partial charge in [-0.3, -0.25) is 0 Å². The molecule has 0 radical (unpaired) electrons. The highest BCUT2D eigenvalue weighted by atomic mass is 35.5. The molecule has 24 heavy (non-hydrogen) atoms. The summed E-state index contributed by atoms with van der Waals surface area (Å²) in [5.41, 5.74) is -1.66. The molecular formula is C15H12Cl3F4NO. The van der Waals surface area contributed by atoms with Gasteiger partial charge in [-0.05, 0) is 26.0 Å². The molecule has 0 aliphatic rings. The molecule has 0 saturated carbocycles. The first-order valence-corrected chi connectivity index (χ1v) is 7.85. The van der Waals surface area contributed by atoms with Crippen LogP contribution in [0.3, 0.4) is 0 Å². The van der Waals surface area contributed by atoms with Crippen molar-refractivity contribution in [1.29, 1.82) is 0 Å². The average Bonchev–Trinajstić information content (AvgIpc) is 2.63. The van der Waals surface area contributed by atoms with Crippen molar-refractivity contribution in [1.82, 2.24) is 4.57 Å². The summed E-state index contributed by atoms with van der Waals surface area (Å²) in [4.78, 5) is 0. The number of benzene rings is 1. The minimum absolute atomic E-state index is 0.0100. The molecule has 132 valence electrons. The number of rotatable bonds is 3. The fourth-order valence-corrected chi connectivity index (χ4v) is 3.18. The standard InChI is InChI=1S/C15H12Cl3F4NO/c1-6(2)24-10-4-7(9(19)5-8(10)16)11-12(17)13(15(20,21)22)23(3)14(11)18/h4-6H,1-3H3. The Morgan fingerprint density at radius 3 is 2.17 bits per heavy atom. The lowest BCUT2D eigenvalue weighted by Gasteiger charge is -2.13. The lowest BCUT2D eigenvalue weighted by atomic mass is 10.1. The Labute approximate surface area is 150 Å². The van der Waals surface area contributed by atoms with Gasteiger partial charge >= 0.3 is 6.18 Å². The van der Waals surface area contributed by atoms with Crippen molar-refractivity contribution in [3.8, 4) is 16.9 Å². The second kappa shape index (κ2) is 6.65. The van der Waals surface area contributed by atoms with Crippen molar-refractivity contribution >= 4 is 34.8 Å². The second-order valence-corrected chi connectivity index (χ2v) is 6.46. The van der Waals surface area contributed by atoms with Gasteiger partial charge in [0.15, 0.2) is 0 Å². The Morgan fingerprint density at radius 2 is 1.71 bits per heavy atom. The first-order valence-electron chi connectivity index (χ1n) is 6.72. The zero-order chi connectivity index (χ0) is 18.4. The average molecular weight is 405 g/mol. The summed E-state index contributed by atoms with van der Waals surface area (Å²) in [7, 11) is 1.10. The molecule has 9 heteroatoms. The Kier molecular flexibility index (Phi) is 5.33. The number of nitrogens with zero attached hydrogens (tertiary/aromatic N) is 1. The molecule has 0 atom stereocenters. The topological polar surface area (TPSA) is 14.2 Å². The molecule has 0 saturated heterocycles. The predicted octanol–water partition coefficient (Wildman–Crippen LogP) is 6.60. The monoisotopic (exact) mass is 403 g/mol. The Bertz CT molecular complexity index is 784. The summed E-state index contributed by atoms with van der Waals surface area (Å²) in [5, 5.41) is -1.04. The van der Waals surface area contributed by atoms with Gasteiger partial charge in [-0.15, -0.1) is 0 Å². The predicted molar refractivity (Wildman–Crippen MR) is 86.6 cm³/mol. The molecule has 0 N–H and O–H groups in total. The molecule has 1 aromatic carbocycles. The number of hydrogen-bond donors (Lipinski definition) is 0. The smallest absolute Gasteiger partial charge is 0.432 e. The highest BCUT2D eigenvalue weighted by Crippen LogP contribution is 2.47. The summed E-state index contributed by atoms with van der Waals surface area (Å²) in [5.74, 6) is -0.744. The van der Waals surface area contributed by atoms with Crippen molar-refractivity contribution in [2.45, 2.75) is 26.1 Å². The van der Waals surface area contributed by atoms with Gasteiger partial charge in [-0.25, -0.2) is 4.39 Å². The van der Waals surface area contributed by atoms with E-state index in [1.54, 1.807) is 13.8 Å². The Hall–Kier alpha value is -1.11. The van der Waals surface area contributed by atoms with Crippen LogP contribution in [0.25, 0.3) is 11.1 Å². The zero-order valence-electron chi connectivity index (χ0n) is 12.7. The molecule has 0 bridgehead atoms. The number of ether oxygens (including phenoxy) is 1. The minimum Gasteiger partial charge on any atom is -0.489 e. The van der Waals surface area contributed by atoms with E-state index in [0.29, 0.717) is 4.57 Å². The fraction of sp³-hybridized carbons (Fsp3) is 0.333. The first kappa shape index (κ1) is 19.2. The largest absolute Gasteiger partial charge is 0.489 e. The normalized spacial score (nSPS) is 12.1. The number of alkyl halides is 3. The van der Waals surface area contributed by atoms with Crippen LogP contribution in [-0.4, -0.2) is 10.7 Å². The maximum Gasteiger partial charge on any atom is 0.432 e. The van der Waals surface area contributed by atoms with Crippen LogP contribution in [0.1, 0.15) is 19.5 Å². The van der Waals surface area contributed by atoms with Gasteiger partial charge in [0.05, 0.1) is 16.1 Å². The molecule has 0 unspecified atom stereocenters. The first-order chi connectivity index (χ1) is 10.9. The number of hydrogen-bond acceptors (Lipinski definition) is 1. The third kappa shape index (κ3) is 3.46. The highest BCUT2D eigenvalue weighted by Gasteiger charge is 2.40. The van der Waals surface area contributed by atoms with E-state index in [-0.39, 0.29) is 33.2 Å². The molecule has 0 spiro atoms. The molecule has 0 fully saturated rings. The maximum atomic E-state index is 14.3. The highest BCUT2D eigenvalue weighted by molar-refractivity contribution is 6.40. The fourth-order valence-electron chi connectivity index (χ4n) is 2.23. The van der Waals surface area contributed by atoms with Gasteiger partial charge in [-0.1, -0.05) is 34.8 Å². The summed E-state index contributed by atoms with van der Waals surface area (Å²) in [6.45, 7) is 3.45. The molecule has 2 aromatic rings. The molecule has 2 rings (SSSR count). The van der Waals surface area contributed by atoms with E-state index in [1.165, 1.54) is 6.07 Å². The molecule has 2 nitrogen and oxygen atoms in total. The van der Waals surface area contributed by atoms with Crippen LogP contribution >= 0.6 is 34.8 Å². The molecule has 1 aromatic heterocycles. The van der Waals surface area contributed by atoms with Crippen LogP contribution < -0.4 is 4.74 Å². The SMILES string of the molecule is CC(C)Oc1cc(-c2c(Cl)c(C(F)(F)F)n(C)c2Cl)c(F)cc1Cl. The molecule has 0 aliphatic heterocycles. The van der Waals surface area contributed by atoms with Crippen molar-refractivity contribution in [3.63, 3.8) is 0 Å². The van der Waals surface area contributed by atoms with E-state index >= 15 is 0 Å². The number of halogens is 7. The lowest BCUT2D eigenvalue weighted by Crippen LogP contribution is -2.11. The third-order valence-corrected chi connectivity index (χ3v) is 4.29. The van der Waals surface area contributed by atoms with Gasteiger partial charge in [0.25, 0.3) is 0 Å². The van der Waals surface area contributed by atoms with E-state index in [9.17, 15) is 17.6 Å². The maximum absolute atomic E-state index is 14.3. The van der Waals surface area contributed by atoms with Gasteiger partial charge in [0.2, 0.25) is 0 Å². The van der Waals surface area contributed by atoms with E-state index in [2.05, 4.69) is 0 Å². The molecule has 1 heterocycles. The van der Waals surface area contributed by atoms with Gasteiger partial charge in [0, 0.05) is 18.2 Å². The summed E-state index contributed by atoms with van der Waals surface area (Å²) < 4.78 is 59.8. The van der Waals surface area contributed by atoms with Crippen LogP contribution in [0.4, 0.5) is 17.6 Å². The van der Waals surface area contributed by atoms with Gasteiger partial charge in [0.1, 0.15) is 22.4 Å². The van der Waals surface area contributed by atoms with E-state index in [1.807, 2.05) is 0 Å². The quantitative estimate of drug-likeness (QED) is 0.526. The third-order valence-electron chi connectivity index (χ3n) is 3.19. The molecule has 0 amide bonds. The van der Waals surface area contributed by atoms with Crippen LogP contribution in [0.2, 0.25) is 15.2 Å². The van der Waals surface area contributed by atoms with Crippen molar-refractivity contribution in [2.24, 2.45) is 7.05 Å². The summed E-state index contributed by atoms with van der Waals surface area (Å²) in [6.07, 6.45) is -5.01. The minimum atomic E-state index is -4.74. The van der Waals surface area contributed by atoms with Crippen LogP contribution in [0.5, 0.6) is 5.75 Å². The summed E-state index contributed by atoms with van der Waals surface area (Å²) in [6, 6.07) is 2.13. The van der Waals surface area contributed by atoms with Gasteiger partial charge in [-0.2, -0.15) is 13.2 Å². The second-order valence-electron chi connectivity index (χ2n) is 5.31. The van der Waals surface area contributed by atoms with Crippen LogP contribution in [-0.2, 0) is 13.2 Å². The van der Waals surface area contributed by atoms with Crippen molar-refractivity contribution < 1.29 is 22.3 Å². The van der Waals surface area contributed by atoms with E-state index in [0.717, 1.165) is 13.1 Å². The molecule has 0 aliphatic carbocycles. The van der Waals surface area contributed by atoms with Gasteiger partial charge < -0.3 is 9.30 Å². The lowest BCUT2D eigenvalue weighted by molar-refractivity contribution is -0.142. The van der Waals surface area contributed by atoms with E-state index < -0.39 is 22.7 Å².